The van der Waals surface area contributed by atoms with Crippen LogP contribution in [0.15, 0.2) is 53.0 Å². The zero-order valence-corrected chi connectivity index (χ0v) is 13.3. The molecule has 112 valence electrons. The smallest absolute Gasteiger partial charge is 0.230 e. The molecule has 0 spiro atoms. The van der Waals surface area contributed by atoms with Crippen LogP contribution >= 0.6 is 15.9 Å². The van der Waals surface area contributed by atoms with Gasteiger partial charge in [-0.2, -0.15) is 0 Å². The summed E-state index contributed by atoms with van der Waals surface area (Å²) in [5, 5.41) is 2.73. The van der Waals surface area contributed by atoms with E-state index in [-0.39, 0.29) is 12.3 Å². The number of H-pyrrole nitrogens is 1. The highest BCUT2D eigenvalue weighted by atomic mass is 79.9. The number of ether oxygens (including phenoxy) is 1. The fraction of sp³-hybridized carbons (Fsp3) is 0.125. The fourth-order valence-electron chi connectivity index (χ4n) is 2.02. The predicted octanol–water partition coefficient (Wildman–Crippen LogP) is 3.73. The average Bonchev–Trinajstić information content (AvgIpc) is 2.89. The molecular formula is C16H14BrN3O2. The number of fused-ring (bicyclic) bond motifs is 1. The molecule has 0 aliphatic carbocycles. The molecule has 1 amide bonds. The van der Waals surface area contributed by atoms with Crippen LogP contribution in [0.25, 0.3) is 11.0 Å². The molecule has 0 fully saturated rings. The highest BCUT2D eigenvalue weighted by Gasteiger charge is 2.07. The molecule has 1 aromatic heterocycles. The first kappa shape index (κ1) is 14.6. The van der Waals surface area contributed by atoms with Crippen LogP contribution in [-0.2, 0) is 4.79 Å². The number of halogens is 1. The van der Waals surface area contributed by atoms with Crippen LogP contribution in [0.1, 0.15) is 6.42 Å². The SMILES string of the molecule is O=C(CCOc1cccc(Br)c1)Nc1nc2ccccc2[nH]1. The van der Waals surface area contributed by atoms with Crippen molar-refractivity contribution in [2.45, 2.75) is 6.42 Å². The predicted molar refractivity (Wildman–Crippen MR) is 89.0 cm³/mol. The molecule has 1 heterocycles. The van der Waals surface area contributed by atoms with Crippen molar-refractivity contribution in [3.8, 4) is 5.75 Å². The van der Waals surface area contributed by atoms with Crippen LogP contribution in [0.2, 0.25) is 0 Å². The Morgan fingerprint density at radius 3 is 2.91 bits per heavy atom. The number of carbonyl (C=O) groups excluding carboxylic acids is 1. The van der Waals surface area contributed by atoms with E-state index in [0.717, 1.165) is 21.3 Å². The molecule has 0 saturated heterocycles. The summed E-state index contributed by atoms with van der Waals surface area (Å²) in [5.41, 5.74) is 1.71. The summed E-state index contributed by atoms with van der Waals surface area (Å²) in [6.45, 7) is 0.308. The molecule has 0 aliphatic heterocycles. The van der Waals surface area contributed by atoms with Crippen molar-refractivity contribution in [1.82, 2.24) is 9.97 Å². The summed E-state index contributed by atoms with van der Waals surface area (Å²) < 4.78 is 6.47. The van der Waals surface area contributed by atoms with Gasteiger partial charge in [-0.15, -0.1) is 0 Å². The number of amides is 1. The highest BCUT2D eigenvalue weighted by Crippen LogP contribution is 2.18. The van der Waals surface area contributed by atoms with E-state index in [1.54, 1.807) is 0 Å². The van der Waals surface area contributed by atoms with E-state index >= 15 is 0 Å². The molecule has 3 rings (SSSR count). The van der Waals surface area contributed by atoms with Gasteiger partial charge in [0.15, 0.2) is 0 Å². The Bertz CT molecular complexity index is 768. The molecule has 0 aliphatic rings. The minimum Gasteiger partial charge on any atom is -0.493 e. The van der Waals surface area contributed by atoms with Crippen molar-refractivity contribution in [2.24, 2.45) is 0 Å². The molecular weight excluding hydrogens is 346 g/mol. The second-order valence-corrected chi connectivity index (χ2v) is 5.62. The lowest BCUT2D eigenvalue weighted by atomic mass is 10.3. The summed E-state index contributed by atoms with van der Waals surface area (Å²) in [7, 11) is 0. The summed E-state index contributed by atoms with van der Waals surface area (Å²) >= 11 is 3.37. The standard InChI is InChI=1S/C16H14BrN3O2/c17-11-4-3-5-12(10-11)22-9-8-15(21)20-16-18-13-6-1-2-7-14(13)19-16/h1-7,10H,8-9H2,(H2,18,19,20,21). The summed E-state index contributed by atoms with van der Waals surface area (Å²) in [6, 6.07) is 15.1. The van der Waals surface area contributed by atoms with Crippen molar-refractivity contribution in [3.05, 3.63) is 53.0 Å². The van der Waals surface area contributed by atoms with E-state index in [1.165, 1.54) is 0 Å². The molecule has 6 heteroatoms. The lowest BCUT2D eigenvalue weighted by Gasteiger charge is -2.06. The second kappa shape index (κ2) is 6.62. The Hall–Kier alpha value is -2.34. The number of carbonyl (C=O) groups is 1. The van der Waals surface area contributed by atoms with Gasteiger partial charge in [-0.25, -0.2) is 4.98 Å². The first-order valence-corrected chi connectivity index (χ1v) is 7.63. The Morgan fingerprint density at radius 1 is 1.23 bits per heavy atom. The van der Waals surface area contributed by atoms with E-state index in [0.29, 0.717) is 12.6 Å². The van der Waals surface area contributed by atoms with E-state index in [4.69, 9.17) is 4.74 Å². The summed E-state index contributed by atoms with van der Waals surface area (Å²) in [4.78, 5) is 19.2. The summed E-state index contributed by atoms with van der Waals surface area (Å²) in [5.74, 6) is 1.04. The van der Waals surface area contributed by atoms with Crippen LogP contribution in [0.4, 0.5) is 5.95 Å². The lowest BCUT2D eigenvalue weighted by Crippen LogP contribution is -2.16. The number of rotatable bonds is 5. The maximum absolute atomic E-state index is 11.9. The van der Waals surface area contributed by atoms with Gasteiger partial charge in [0.2, 0.25) is 11.9 Å². The van der Waals surface area contributed by atoms with Gasteiger partial charge in [-0.05, 0) is 30.3 Å². The van der Waals surface area contributed by atoms with Crippen LogP contribution in [0.5, 0.6) is 5.75 Å². The highest BCUT2D eigenvalue weighted by molar-refractivity contribution is 9.10. The normalized spacial score (nSPS) is 10.6. The van der Waals surface area contributed by atoms with Gasteiger partial charge < -0.3 is 9.72 Å². The minimum absolute atomic E-state index is 0.144. The Labute approximate surface area is 135 Å². The van der Waals surface area contributed by atoms with Gasteiger partial charge >= 0.3 is 0 Å². The third-order valence-electron chi connectivity index (χ3n) is 3.04. The molecule has 2 N–H and O–H groups in total. The largest absolute Gasteiger partial charge is 0.493 e. The number of imidazole rings is 1. The zero-order chi connectivity index (χ0) is 15.4. The first-order chi connectivity index (χ1) is 10.7. The quantitative estimate of drug-likeness (QED) is 0.729. The van der Waals surface area contributed by atoms with Crippen LogP contribution in [0.3, 0.4) is 0 Å². The molecule has 3 aromatic rings. The molecule has 0 unspecified atom stereocenters. The molecule has 2 aromatic carbocycles. The minimum atomic E-state index is -0.144. The van der Waals surface area contributed by atoms with Crippen molar-refractivity contribution in [2.75, 3.05) is 11.9 Å². The monoisotopic (exact) mass is 359 g/mol. The average molecular weight is 360 g/mol. The first-order valence-electron chi connectivity index (χ1n) is 6.84. The van der Waals surface area contributed by atoms with Crippen LogP contribution < -0.4 is 10.1 Å². The number of aromatic nitrogens is 2. The van der Waals surface area contributed by atoms with Gasteiger partial charge in [0.05, 0.1) is 24.1 Å². The third kappa shape index (κ3) is 3.65. The fourth-order valence-corrected chi connectivity index (χ4v) is 2.40. The van der Waals surface area contributed by atoms with Gasteiger partial charge in [0.1, 0.15) is 5.75 Å². The topological polar surface area (TPSA) is 67.0 Å². The van der Waals surface area contributed by atoms with Crippen molar-refractivity contribution < 1.29 is 9.53 Å². The Kier molecular flexibility index (Phi) is 4.39. The lowest BCUT2D eigenvalue weighted by molar-refractivity contribution is -0.116. The molecule has 22 heavy (non-hydrogen) atoms. The molecule has 0 bridgehead atoms. The van der Waals surface area contributed by atoms with Gasteiger partial charge in [0.25, 0.3) is 0 Å². The number of benzene rings is 2. The van der Waals surface area contributed by atoms with Crippen LogP contribution in [-0.4, -0.2) is 22.5 Å². The Morgan fingerprint density at radius 2 is 2.09 bits per heavy atom. The summed E-state index contributed by atoms with van der Waals surface area (Å²) in [6.07, 6.45) is 0.254. The van der Waals surface area contributed by atoms with Crippen molar-refractivity contribution >= 4 is 38.8 Å². The number of nitrogens with one attached hydrogen (secondary N) is 2. The number of aromatic amines is 1. The van der Waals surface area contributed by atoms with Crippen molar-refractivity contribution in [1.29, 1.82) is 0 Å². The van der Waals surface area contributed by atoms with E-state index in [1.807, 2.05) is 48.5 Å². The number of para-hydroxylation sites is 2. The number of hydrogen-bond donors (Lipinski definition) is 2. The number of hydrogen-bond acceptors (Lipinski definition) is 3. The van der Waals surface area contributed by atoms with E-state index in [2.05, 4.69) is 31.2 Å². The van der Waals surface area contributed by atoms with Crippen molar-refractivity contribution in [3.63, 3.8) is 0 Å². The molecule has 0 saturated carbocycles. The second-order valence-electron chi connectivity index (χ2n) is 4.71. The molecule has 5 nitrogen and oxygen atoms in total. The third-order valence-corrected chi connectivity index (χ3v) is 3.53. The van der Waals surface area contributed by atoms with Gasteiger partial charge in [0, 0.05) is 4.47 Å². The van der Waals surface area contributed by atoms with E-state index < -0.39 is 0 Å². The van der Waals surface area contributed by atoms with Gasteiger partial charge in [-0.3, -0.25) is 10.1 Å². The number of anilines is 1. The Balaban J connectivity index is 1.52. The van der Waals surface area contributed by atoms with Gasteiger partial charge in [-0.1, -0.05) is 34.1 Å². The molecule has 0 radical (unpaired) electrons. The molecule has 0 atom stereocenters. The van der Waals surface area contributed by atoms with Crippen LogP contribution in [0, 0.1) is 0 Å². The number of nitrogens with zero attached hydrogens (tertiary/aromatic N) is 1. The maximum atomic E-state index is 11.9. The van der Waals surface area contributed by atoms with E-state index in [9.17, 15) is 4.79 Å². The zero-order valence-electron chi connectivity index (χ0n) is 11.7. The maximum Gasteiger partial charge on any atom is 0.230 e.